The van der Waals surface area contributed by atoms with Gasteiger partial charge in [0.25, 0.3) is 0 Å². The number of rotatable bonds is 21. The van der Waals surface area contributed by atoms with Gasteiger partial charge in [-0.05, 0) is 50.2 Å². The van der Waals surface area contributed by atoms with Crippen LogP contribution in [0.25, 0.3) is 10.9 Å². The van der Waals surface area contributed by atoms with Gasteiger partial charge in [-0.25, -0.2) is 4.79 Å². The minimum absolute atomic E-state index is 0.0285. The molecule has 0 saturated heterocycles. The Morgan fingerprint density at radius 1 is 0.708 bits per heavy atom. The second-order valence-corrected chi connectivity index (χ2v) is 11.1. The first kappa shape index (κ1) is 38.6. The van der Waals surface area contributed by atoms with Gasteiger partial charge >= 0.3 is 5.97 Å². The van der Waals surface area contributed by atoms with Crippen molar-refractivity contribution in [3.8, 4) is 0 Å². The molecule has 0 radical (unpaired) electrons. The minimum atomic E-state index is -1.32. The number of benzene rings is 1. The van der Waals surface area contributed by atoms with Crippen LogP contribution in [0.2, 0.25) is 0 Å². The van der Waals surface area contributed by atoms with Crippen molar-refractivity contribution in [2.45, 2.75) is 69.1 Å². The molecule has 19 N–H and O–H groups in total. The summed E-state index contributed by atoms with van der Waals surface area (Å²) in [5, 5.41) is 48.3. The lowest BCUT2D eigenvalue weighted by Gasteiger charge is -2.25. The Morgan fingerprint density at radius 2 is 1.17 bits per heavy atom. The second kappa shape index (κ2) is 19.8. The fourth-order valence-corrected chi connectivity index (χ4v) is 4.82. The number of carboxylic acids is 1. The molecule has 0 spiro atoms. The van der Waals surface area contributed by atoms with Crippen LogP contribution in [0, 0.1) is 16.2 Å². The second-order valence-electron chi connectivity index (χ2n) is 11.1. The fraction of sp³-hybridized carbons (Fsp3) is 0.483. The van der Waals surface area contributed by atoms with E-state index in [1.807, 2.05) is 24.3 Å². The third-order valence-electron chi connectivity index (χ3n) is 7.29. The number of aromatic nitrogens is 1. The maximum absolute atomic E-state index is 13.6. The highest BCUT2D eigenvalue weighted by Crippen LogP contribution is 2.19. The first-order valence-corrected chi connectivity index (χ1v) is 15.5. The van der Waals surface area contributed by atoms with Gasteiger partial charge in [0.1, 0.15) is 18.1 Å². The van der Waals surface area contributed by atoms with E-state index in [4.69, 9.17) is 39.2 Å². The zero-order valence-electron chi connectivity index (χ0n) is 26.7. The summed E-state index contributed by atoms with van der Waals surface area (Å²) in [6, 6.07) is 2.68. The van der Waals surface area contributed by atoms with Crippen molar-refractivity contribution >= 4 is 52.5 Å². The van der Waals surface area contributed by atoms with E-state index in [2.05, 4.69) is 36.9 Å². The highest BCUT2D eigenvalue weighted by molar-refractivity contribution is 5.94. The highest BCUT2D eigenvalue weighted by Gasteiger charge is 2.30. The van der Waals surface area contributed by atoms with Crippen molar-refractivity contribution in [1.29, 1.82) is 16.2 Å². The van der Waals surface area contributed by atoms with Crippen molar-refractivity contribution in [2.24, 2.45) is 22.9 Å². The van der Waals surface area contributed by atoms with Crippen LogP contribution in [-0.2, 0) is 25.6 Å². The molecule has 0 saturated carbocycles. The SMILES string of the molecule is N=C(N)NCCC[C@H](NC(=O)[C@H](CCCNC(=N)N)NC(=O)[C@@H](N)CCCNC(=N)N)C(=O)N[C@@H](Cc1c[nH]c2ccccc12)C(=O)O. The lowest BCUT2D eigenvalue weighted by Crippen LogP contribution is -2.57. The number of carbonyl (C=O) groups is 4. The molecule has 19 heteroatoms. The van der Waals surface area contributed by atoms with E-state index < -0.39 is 47.9 Å². The van der Waals surface area contributed by atoms with Gasteiger partial charge in [0, 0.05) is 43.2 Å². The van der Waals surface area contributed by atoms with Crippen molar-refractivity contribution in [1.82, 2.24) is 36.9 Å². The third-order valence-corrected chi connectivity index (χ3v) is 7.29. The number of H-pyrrole nitrogens is 1. The molecular weight excluding hydrogens is 624 g/mol. The molecule has 264 valence electrons. The quantitative estimate of drug-likeness (QED) is 0.0368. The van der Waals surface area contributed by atoms with Gasteiger partial charge in [0.2, 0.25) is 17.7 Å². The highest BCUT2D eigenvalue weighted by atomic mass is 16.4. The van der Waals surface area contributed by atoms with E-state index in [9.17, 15) is 24.3 Å². The summed E-state index contributed by atoms with van der Waals surface area (Å²) in [6.07, 6.45) is 3.03. The topological polar surface area (TPSA) is 352 Å². The Balaban J connectivity index is 2.20. The number of amides is 3. The fourth-order valence-electron chi connectivity index (χ4n) is 4.82. The molecule has 0 aliphatic heterocycles. The number of aliphatic carboxylic acids is 1. The third kappa shape index (κ3) is 13.8. The van der Waals surface area contributed by atoms with E-state index >= 15 is 0 Å². The van der Waals surface area contributed by atoms with Crippen LogP contribution < -0.4 is 54.8 Å². The van der Waals surface area contributed by atoms with E-state index in [1.54, 1.807) is 6.20 Å². The summed E-state index contributed by atoms with van der Waals surface area (Å²) in [4.78, 5) is 55.3. The standard InChI is InChI=1S/C29H48N14O5/c30-18(7-3-11-37-27(31)32)23(44)41-20(9-4-12-38-28(33)34)24(45)42-21(10-5-13-39-29(35)36)25(46)43-22(26(47)48)14-16-15-40-19-8-2-1-6-17(16)19/h1-2,6,8,15,18,20-22,40H,3-5,7,9-14,30H2,(H,41,44)(H,42,45)(H,43,46)(H,47,48)(H4,31,32,37)(H4,33,34,38)(H4,35,36,39)/t18-,20-,21-,22-/m0/s1. The molecule has 0 aliphatic rings. The van der Waals surface area contributed by atoms with Gasteiger partial charge < -0.3 is 64.9 Å². The van der Waals surface area contributed by atoms with Crippen LogP contribution in [-0.4, -0.2) is 95.5 Å². The average Bonchev–Trinajstić information content (AvgIpc) is 3.43. The lowest BCUT2D eigenvalue weighted by molar-refractivity contribution is -0.142. The molecule has 2 rings (SSSR count). The molecule has 0 bridgehead atoms. The Labute approximate surface area is 277 Å². The summed E-state index contributed by atoms with van der Waals surface area (Å²) >= 11 is 0. The monoisotopic (exact) mass is 672 g/mol. The zero-order valence-corrected chi connectivity index (χ0v) is 26.7. The summed E-state index contributed by atoms with van der Waals surface area (Å²) in [5.74, 6) is -4.11. The normalized spacial score (nSPS) is 13.3. The van der Waals surface area contributed by atoms with Crippen molar-refractivity contribution in [3.05, 3.63) is 36.0 Å². The largest absolute Gasteiger partial charge is 0.480 e. The van der Waals surface area contributed by atoms with Crippen molar-refractivity contribution in [2.75, 3.05) is 19.6 Å². The van der Waals surface area contributed by atoms with Crippen molar-refractivity contribution < 1.29 is 24.3 Å². The number of nitrogens with one attached hydrogen (secondary N) is 10. The summed E-state index contributed by atoms with van der Waals surface area (Å²) in [6.45, 7) is 0.757. The predicted octanol–water partition coefficient (Wildman–Crippen LogP) is -2.63. The van der Waals surface area contributed by atoms with E-state index in [0.717, 1.165) is 10.9 Å². The van der Waals surface area contributed by atoms with Gasteiger partial charge in [-0.3, -0.25) is 30.6 Å². The predicted molar refractivity (Wildman–Crippen MR) is 181 cm³/mol. The molecule has 0 aliphatic carbocycles. The lowest BCUT2D eigenvalue weighted by atomic mass is 10.0. The molecule has 1 aromatic heterocycles. The molecule has 3 amide bonds. The van der Waals surface area contributed by atoms with Crippen LogP contribution in [0.4, 0.5) is 0 Å². The molecule has 4 atom stereocenters. The Kier molecular flexibility index (Phi) is 15.9. The number of carboxylic acid groups (broad SMARTS) is 1. The molecule has 0 fully saturated rings. The van der Waals surface area contributed by atoms with E-state index in [-0.39, 0.29) is 63.1 Å². The number of guanidine groups is 3. The number of hydrogen-bond acceptors (Lipinski definition) is 8. The van der Waals surface area contributed by atoms with Gasteiger partial charge in [0.05, 0.1) is 6.04 Å². The number of hydrogen-bond donors (Lipinski definition) is 15. The summed E-state index contributed by atoms with van der Waals surface area (Å²) in [7, 11) is 0. The van der Waals surface area contributed by atoms with Crippen molar-refractivity contribution in [3.63, 3.8) is 0 Å². The molecule has 1 heterocycles. The molecule has 2 aromatic rings. The smallest absolute Gasteiger partial charge is 0.326 e. The molecule has 0 unspecified atom stereocenters. The van der Waals surface area contributed by atoms with Gasteiger partial charge in [-0.1, -0.05) is 18.2 Å². The van der Waals surface area contributed by atoms with Crippen LogP contribution >= 0.6 is 0 Å². The van der Waals surface area contributed by atoms with Crippen LogP contribution in [0.15, 0.2) is 30.5 Å². The molecule has 19 nitrogen and oxygen atoms in total. The summed E-state index contributed by atoms with van der Waals surface area (Å²) < 4.78 is 0. The van der Waals surface area contributed by atoms with Gasteiger partial charge in [-0.2, -0.15) is 0 Å². The molecule has 1 aromatic carbocycles. The Hall–Kier alpha value is -5.59. The number of nitrogens with two attached hydrogens (primary N) is 4. The molecular formula is C29H48N14O5. The average molecular weight is 673 g/mol. The molecule has 48 heavy (non-hydrogen) atoms. The number of aromatic amines is 1. The van der Waals surface area contributed by atoms with E-state index in [0.29, 0.717) is 24.9 Å². The summed E-state index contributed by atoms with van der Waals surface area (Å²) in [5.41, 5.74) is 23.5. The maximum atomic E-state index is 13.6. The van der Waals surface area contributed by atoms with Gasteiger partial charge in [-0.15, -0.1) is 0 Å². The Bertz CT molecular complexity index is 1430. The van der Waals surface area contributed by atoms with Crippen LogP contribution in [0.1, 0.15) is 44.1 Å². The maximum Gasteiger partial charge on any atom is 0.326 e. The number of fused-ring (bicyclic) bond motifs is 1. The van der Waals surface area contributed by atoms with Gasteiger partial charge in [0.15, 0.2) is 17.9 Å². The first-order chi connectivity index (χ1) is 22.8. The van der Waals surface area contributed by atoms with Crippen LogP contribution in [0.5, 0.6) is 0 Å². The first-order valence-electron chi connectivity index (χ1n) is 15.5. The van der Waals surface area contributed by atoms with E-state index in [1.165, 1.54) is 0 Å². The Morgan fingerprint density at radius 3 is 1.67 bits per heavy atom. The minimum Gasteiger partial charge on any atom is -0.480 e. The zero-order chi connectivity index (χ0) is 35.6. The number of para-hydroxylation sites is 1. The number of carbonyl (C=O) groups excluding carboxylic acids is 3. The van der Waals surface area contributed by atoms with Crippen LogP contribution in [0.3, 0.4) is 0 Å².